The van der Waals surface area contributed by atoms with Crippen molar-refractivity contribution >= 4 is 16.8 Å². The number of benzene rings is 1. The van der Waals surface area contributed by atoms with E-state index in [1.807, 2.05) is 24.2 Å². The summed E-state index contributed by atoms with van der Waals surface area (Å²) >= 11 is 0. The van der Waals surface area contributed by atoms with Crippen molar-refractivity contribution in [2.45, 2.75) is 57.4 Å². The van der Waals surface area contributed by atoms with Crippen molar-refractivity contribution in [1.82, 2.24) is 19.7 Å². The number of aromatic amines is 1. The molecule has 3 rings (SSSR count). The van der Waals surface area contributed by atoms with E-state index < -0.39 is 0 Å². The van der Waals surface area contributed by atoms with Gasteiger partial charge in [0.15, 0.2) is 0 Å². The van der Waals surface area contributed by atoms with Crippen molar-refractivity contribution in [2.24, 2.45) is 0 Å². The Hall–Kier alpha value is -1.85. The lowest BCUT2D eigenvalue weighted by Gasteiger charge is -2.46. The molecule has 1 aromatic carbocycles. The number of nitrogens with zero attached hydrogens (tertiary/aromatic N) is 3. The molecule has 0 atom stereocenters. The summed E-state index contributed by atoms with van der Waals surface area (Å²) in [6.07, 6.45) is 9.75. The fourth-order valence-electron chi connectivity index (χ4n) is 4.81. The molecule has 1 aromatic heterocycles. The van der Waals surface area contributed by atoms with Gasteiger partial charge in [0.1, 0.15) is 0 Å². The van der Waals surface area contributed by atoms with Crippen molar-refractivity contribution in [3.63, 3.8) is 0 Å². The highest BCUT2D eigenvalue weighted by Gasteiger charge is 2.35. The molecule has 1 N–H and O–H groups in total. The monoisotopic (exact) mass is 412 g/mol. The smallest absolute Gasteiger partial charge is 0.222 e. The molecule has 5 nitrogen and oxygen atoms in total. The molecule has 1 fully saturated rings. The summed E-state index contributed by atoms with van der Waals surface area (Å²) in [7, 11) is 6.43. The third-order valence-corrected chi connectivity index (χ3v) is 7.19. The molecular weight excluding hydrogens is 372 g/mol. The number of aryl methyl sites for hydroxylation is 1. The second-order valence-corrected chi connectivity index (χ2v) is 9.24. The van der Waals surface area contributed by atoms with Crippen molar-refractivity contribution in [3.8, 4) is 0 Å². The molecule has 30 heavy (non-hydrogen) atoms. The molecular formula is C25H40N4O. The average molecular weight is 413 g/mol. The first-order valence-corrected chi connectivity index (χ1v) is 11.6. The van der Waals surface area contributed by atoms with E-state index >= 15 is 0 Å². The van der Waals surface area contributed by atoms with Gasteiger partial charge >= 0.3 is 0 Å². The van der Waals surface area contributed by atoms with Crippen molar-refractivity contribution in [1.29, 1.82) is 0 Å². The number of hydrogen-bond acceptors (Lipinski definition) is 3. The Morgan fingerprint density at radius 1 is 1.17 bits per heavy atom. The molecule has 0 aliphatic carbocycles. The zero-order valence-electron chi connectivity index (χ0n) is 19.4. The largest absolute Gasteiger partial charge is 0.361 e. The van der Waals surface area contributed by atoms with Gasteiger partial charge in [0.2, 0.25) is 5.91 Å². The summed E-state index contributed by atoms with van der Waals surface area (Å²) in [5, 5.41) is 1.23. The summed E-state index contributed by atoms with van der Waals surface area (Å²) in [5.74, 6) is 0.239. The molecule has 0 saturated carbocycles. The van der Waals surface area contributed by atoms with E-state index in [2.05, 4.69) is 54.0 Å². The Kier molecular flexibility index (Phi) is 7.95. The Labute approximate surface area is 182 Å². The van der Waals surface area contributed by atoms with Crippen molar-refractivity contribution in [3.05, 3.63) is 36.0 Å². The molecule has 1 aliphatic rings. The Morgan fingerprint density at radius 2 is 1.90 bits per heavy atom. The third-order valence-electron chi connectivity index (χ3n) is 7.19. The number of aromatic nitrogens is 1. The van der Waals surface area contributed by atoms with Gasteiger partial charge < -0.3 is 19.7 Å². The number of fused-ring (bicyclic) bond motifs is 1. The number of carbonyl (C=O) groups is 1. The third kappa shape index (κ3) is 5.44. The van der Waals surface area contributed by atoms with Crippen molar-refractivity contribution < 1.29 is 4.79 Å². The van der Waals surface area contributed by atoms with Crippen LogP contribution in [-0.4, -0.2) is 78.5 Å². The predicted molar refractivity (Wildman–Crippen MR) is 126 cm³/mol. The Morgan fingerprint density at radius 3 is 2.60 bits per heavy atom. The molecule has 0 unspecified atom stereocenters. The number of rotatable bonds is 10. The van der Waals surface area contributed by atoms with E-state index in [4.69, 9.17) is 0 Å². The standard InChI is InChI=1S/C25H40N4O/c1-5-6-13-25(27(2)3)14-16-29(17-15-25)19-18-28(4)24(30)12-11-21-20-26-23-10-8-7-9-22(21)23/h7-10,20,26H,5-6,11-19H2,1-4H3. The molecule has 0 radical (unpaired) electrons. The molecule has 2 heterocycles. The number of piperidine rings is 1. The average Bonchev–Trinajstić information content (AvgIpc) is 3.18. The van der Waals surface area contributed by atoms with Crippen LogP contribution in [0, 0.1) is 0 Å². The van der Waals surface area contributed by atoms with Gasteiger partial charge in [-0.1, -0.05) is 38.0 Å². The fraction of sp³-hybridized carbons (Fsp3) is 0.640. The first kappa shape index (κ1) is 22.8. The molecule has 1 saturated heterocycles. The molecule has 0 spiro atoms. The molecule has 5 heteroatoms. The highest BCUT2D eigenvalue weighted by atomic mass is 16.2. The second kappa shape index (κ2) is 10.5. The highest BCUT2D eigenvalue weighted by molar-refractivity contribution is 5.84. The minimum Gasteiger partial charge on any atom is -0.361 e. The maximum Gasteiger partial charge on any atom is 0.222 e. The first-order valence-electron chi connectivity index (χ1n) is 11.6. The normalized spacial score (nSPS) is 17.0. The molecule has 1 aliphatic heterocycles. The number of hydrogen-bond donors (Lipinski definition) is 1. The first-order chi connectivity index (χ1) is 14.4. The molecule has 0 bridgehead atoms. The van der Waals surface area contributed by atoms with E-state index in [0.29, 0.717) is 12.0 Å². The van der Waals surface area contributed by atoms with Crippen LogP contribution in [0.3, 0.4) is 0 Å². The minimum atomic E-state index is 0.239. The number of H-pyrrole nitrogens is 1. The van der Waals surface area contributed by atoms with Crippen LogP contribution < -0.4 is 0 Å². The quantitative estimate of drug-likeness (QED) is 0.638. The lowest BCUT2D eigenvalue weighted by Crippen LogP contribution is -2.53. The van der Waals surface area contributed by atoms with Gasteiger partial charge in [0.05, 0.1) is 0 Å². The SMILES string of the molecule is CCCCC1(N(C)C)CCN(CCN(C)C(=O)CCc2c[nH]c3ccccc23)CC1. The zero-order valence-corrected chi connectivity index (χ0v) is 19.4. The van der Waals surface area contributed by atoms with Gasteiger partial charge in [-0.15, -0.1) is 0 Å². The van der Waals surface area contributed by atoms with E-state index in [-0.39, 0.29) is 5.91 Å². The van der Waals surface area contributed by atoms with Gasteiger partial charge in [0, 0.05) is 49.2 Å². The van der Waals surface area contributed by atoms with Crippen LogP contribution in [-0.2, 0) is 11.2 Å². The summed E-state index contributed by atoms with van der Waals surface area (Å²) in [4.78, 5) is 22.9. The van der Waals surface area contributed by atoms with E-state index in [1.54, 1.807) is 0 Å². The maximum atomic E-state index is 12.6. The van der Waals surface area contributed by atoms with Crippen LogP contribution in [0.2, 0.25) is 0 Å². The predicted octanol–water partition coefficient (Wildman–Crippen LogP) is 4.15. The van der Waals surface area contributed by atoms with Crippen LogP contribution in [0.15, 0.2) is 30.5 Å². The second-order valence-electron chi connectivity index (χ2n) is 9.24. The van der Waals surface area contributed by atoms with Crippen LogP contribution in [0.1, 0.15) is 51.0 Å². The lowest BCUT2D eigenvalue weighted by atomic mass is 9.82. The Balaban J connectivity index is 1.42. The van der Waals surface area contributed by atoms with Crippen LogP contribution in [0.25, 0.3) is 10.9 Å². The maximum absolute atomic E-state index is 12.6. The Bertz CT molecular complexity index is 804. The number of carbonyl (C=O) groups excluding carboxylic acids is 1. The summed E-state index contributed by atoms with van der Waals surface area (Å²) in [6.45, 7) is 6.35. The molecule has 166 valence electrons. The fourth-order valence-corrected chi connectivity index (χ4v) is 4.81. The van der Waals surface area contributed by atoms with Crippen LogP contribution in [0.5, 0.6) is 0 Å². The lowest BCUT2D eigenvalue weighted by molar-refractivity contribution is -0.130. The number of likely N-dealkylation sites (tertiary alicyclic amines) is 1. The van der Waals surface area contributed by atoms with E-state index in [1.165, 1.54) is 43.1 Å². The number of amides is 1. The van der Waals surface area contributed by atoms with Gasteiger partial charge in [-0.3, -0.25) is 4.79 Å². The van der Waals surface area contributed by atoms with Gasteiger partial charge in [-0.2, -0.15) is 0 Å². The number of para-hydroxylation sites is 1. The molecule has 2 aromatic rings. The topological polar surface area (TPSA) is 42.6 Å². The number of unbranched alkanes of at least 4 members (excludes halogenated alkanes) is 1. The van der Waals surface area contributed by atoms with E-state index in [0.717, 1.165) is 38.1 Å². The number of nitrogens with one attached hydrogen (secondary N) is 1. The highest BCUT2D eigenvalue weighted by Crippen LogP contribution is 2.32. The summed E-state index contributed by atoms with van der Waals surface area (Å²) < 4.78 is 0. The van der Waals surface area contributed by atoms with Gasteiger partial charge in [-0.05, 0) is 64.5 Å². The summed E-state index contributed by atoms with van der Waals surface area (Å²) in [5.41, 5.74) is 2.75. The van der Waals surface area contributed by atoms with Gasteiger partial charge in [-0.25, -0.2) is 0 Å². The van der Waals surface area contributed by atoms with Crippen LogP contribution >= 0.6 is 0 Å². The minimum absolute atomic E-state index is 0.239. The number of likely N-dealkylation sites (N-methyl/N-ethyl adjacent to an activating group) is 1. The zero-order chi connectivity index (χ0) is 21.6. The summed E-state index contributed by atoms with van der Waals surface area (Å²) in [6, 6.07) is 8.30. The van der Waals surface area contributed by atoms with E-state index in [9.17, 15) is 4.79 Å². The van der Waals surface area contributed by atoms with Gasteiger partial charge in [0.25, 0.3) is 0 Å². The van der Waals surface area contributed by atoms with Crippen LogP contribution in [0.4, 0.5) is 0 Å². The van der Waals surface area contributed by atoms with Crippen molar-refractivity contribution in [2.75, 3.05) is 47.3 Å². The molecule has 1 amide bonds.